The molecule has 0 radical (unpaired) electrons. The van der Waals surface area contributed by atoms with E-state index in [4.69, 9.17) is 0 Å². The van der Waals surface area contributed by atoms with E-state index >= 15 is 0 Å². The van der Waals surface area contributed by atoms with E-state index in [0.717, 1.165) is 52.0 Å². The molecular formula is C21H29N3O2. The van der Waals surface area contributed by atoms with Crippen LogP contribution in [0.5, 0.6) is 0 Å². The zero-order chi connectivity index (χ0) is 18.1. The first-order valence-electron chi connectivity index (χ1n) is 9.88. The molecule has 5 nitrogen and oxygen atoms in total. The maximum atomic E-state index is 13.3. The van der Waals surface area contributed by atoms with Crippen molar-refractivity contribution in [3.8, 4) is 0 Å². The highest BCUT2D eigenvalue weighted by Gasteiger charge is 2.58. The van der Waals surface area contributed by atoms with Gasteiger partial charge in [0.25, 0.3) is 0 Å². The van der Waals surface area contributed by atoms with Crippen molar-refractivity contribution in [2.75, 3.05) is 46.3 Å². The van der Waals surface area contributed by atoms with E-state index in [1.165, 1.54) is 5.56 Å². The number of hydrogen-bond acceptors (Lipinski definition) is 3. The molecule has 0 N–H and O–H groups in total. The molecule has 2 amide bonds. The third kappa shape index (κ3) is 3.13. The second kappa shape index (κ2) is 7.03. The van der Waals surface area contributed by atoms with Crippen LogP contribution in [0.2, 0.25) is 0 Å². The maximum Gasteiger partial charge on any atom is 0.232 e. The summed E-state index contributed by atoms with van der Waals surface area (Å²) >= 11 is 0. The molecule has 0 aliphatic carbocycles. The molecule has 0 aromatic heterocycles. The van der Waals surface area contributed by atoms with Gasteiger partial charge in [0, 0.05) is 51.6 Å². The normalized spacial score (nSPS) is 28.6. The summed E-state index contributed by atoms with van der Waals surface area (Å²) in [5, 5.41) is 0. The molecule has 0 spiro atoms. The van der Waals surface area contributed by atoms with Gasteiger partial charge in [0.05, 0.1) is 5.41 Å². The Morgan fingerprint density at radius 3 is 2.50 bits per heavy atom. The molecule has 3 fully saturated rings. The average molecular weight is 355 g/mol. The molecule has 0 bridgehead atoms. The van der Waals surface area contributed by atoms with Gasteiger partial charge in [0.1, 0.15) is 0 Å². The lowest BCUT2D eigenvalue weighted by atomic mass is 9.79. The lowest BCUT2D eigenvalue weighted by Gasteiger charge is -2.32. The van der Waals surface area contributed by atoms with Gasteiger partial charge in [-0.05, 0) is 31.9 Å². The molecular weight excluding hydrogens is 326 g/mol. The quantitative estimate of drug-likeness (QED) is 0.825. The number of aryl methyl sites for hydroxylation is 1. The van der Waals surface area contributed by atoms with E-state index in [9.17, 15) is 9.59 Å². The topological polar surface area (TPSA) is 43.9 Å². The molecule has 3 aliphatic heterocycles. The molecule has 3 saturated heterocycles. The van der Waals surface area contributed by atoms with Gasteiger partial charge < -0.3 is 14.7 Å². The summed E-state index contributed by atoms with van der Waals surface area (Å²) < 4.78 is 0. The first kappa shape index (κ1) is 17.5. The average Bonchev–Trinajstić information content (AvgIpc) is 3.34. The van der Waals surface area contributed by atoms with Gasteiger partial charge in [-0.3, -0.25) is 9.59 Å². The first-order valence-corrected chi connectivity index (χ1v) is 9.88. The molecule has 5 heteroatoms. The smallest absolute Gasteiger partial charge is 0.232 e. The van der Waals surface area contributed by atoms with Gasteiger partial charge in [-0.15, -0.1) is 0 Å². The van der Waals surface area contributed by atoms with Crippen LogP contribution >= 0.6 is 0 Å². The van der Waals surface area contributed by atoms with Crippen molar-refractivity contribution in [1.29, 1.82) is 0 Å². The summed E-state index contributed by atoms with van der Waals surface area (Å²) in [6.07, 6.45) is 3.53. The molecule has 140 valence electrons. The van der Waals surface area contributed by atoms with E-state index < -0.39 is 0 Å². The third-order valence-corrected chi connectivity index (χ3v) is 6.42. The molecule has 26 heavy (non-hydrogen) atoms. The molecule has 0 unspecified atom stereocenters. The summed E-state index contributed by atoms with van der Waals surface area (Å²) in [6, 6.07) is 10.2. The standard InChI is InChI=1S/C21H29N3O2/c1-22-13-18-14-24(19(25)10-9-17-7-3-2-4-8-17)16-21(18,15-22)20(26)23-11-5-6-12-23/h2-4,7-8,18H,5-6,9-16H2,1H3/t18-,21-/m0/s1. The van der Waals surface area contributed by atoms with Crippen molar-refractivity contribution in [2.45, 2.75) is 25.7 Å². The zero-order valence-corrected chi connectivity index (χ0v) is 15.7. The number of hydrogen-bond donors (Lipinski definition) is 0. The van der Waals surface area contributed by atoms with Crippen LogP contribution in [0, 0.1) is 11.3 Å². The second-order valence-corrected chi connectivity index (χ2v) is 8.31. The Labute approximate surface area is 155 Å². The lowest BCUT2D eigenvalue weighted by Crippen LogP contribution is -2.49. The monoisotopic (exact) mass is 355 g/mol. The molecule has 0 saturated carbocycles. The number of carbonyl (C=O) groups is 2. The fourth-order valence-electron chi connectivity index (χ4n) is 5.10. The molecule has 1 aromatic rings. The largest absolute Gasteiger partial charge is 0.342 e. The van der Waals surface area contributed by atoms with Crippen molar-refractivity contribution in [3.63, 3.8) is 0 Å². The Kier molecular flexibility index (Phi) is 4.74. The van der Waals surface area contributed by atoms with Crippen LogP contribution in [0.15, 0.2) is 30.3 Å². The molecule has 2 atom stereocenters. The molecule has 1 aromatic carbocycles. The third-order valence-electron chi connectivity index (χ3n) is 6.42. The van der Waals surface area contributed by atoms with E-state index in [0.29, 0.717) is 18.9 Å². The minimum atomic E-state index is -0.374. The Morgan fingerprint density at radius 1 is 1.04 bits per heavy atom. The van der Waals surface area contributed by atoms with Gasteiger partial charge in [0.2, 0.25) is 11.8 Å². The summed E-state index contributed by atoms with van der Waals surface area (Å²) in [7, 11) is 2.10. The fraction of sp³-hybridized carbons (Fsp3) is 0.619. The SMILES string of the molecule is CN1C[C@H]2CN(C(=O)CCc3ccccc3)C[C@@]2(C(=O)N2CCCC2)C1. The van der Waals surface area contributed by atoms with Gasteiger partial charge in [-0.25, -0.2) is 0 Å². The predicted molar refractivity (Wildman–Crippen MR) is 101 cm³/mol. The number of likely N-dealkylation sites (tertiary alicyclic amines) is 3. The first-order chi connectivity index (χ1) is 12.6. The minimum absolute atomic E-state index is 0.194. The highest BCUT2D eigenvalue weighted by molar-refractivity contribution is 5.87. The Morgan fingerprint density at radius 2 is 1.77 bits per heavy atom. The molecule has 3 aliphatic rings. The van der Waals surface area contributed by atoms with Crippen LogP contribution in [0.25, 0.3) is 0 Å². The molecule has 4 rings (SSSR count). The lowest BCUT2D eigenvalue weighted by molar-refractivity contribution is -0.141. The van der Waals surface area contributed by atoms with E-state index in [1.807, 2.05) is 28.0 Å². The maximum absolute atomic E-state index is 13.3. The summed E-state index contributed by atoms with van der Waals surface area (Å²) in [5.41, 5.74) is 0.824. The van der Waals surface area contributed by atoms with Crippen LogP contribution in [0.4, 0.5) is 0 Å². The van der Waals surface area contributed by atoms with Crippen molar-refractivity contribution >= 4 is 11.8 Å². The number of benzene rings is 1. The van der Waals surface area contributed by atoms with Crippen molar-refractivity contribution in [3.05, 3.63) is 35.9 Å². The van der Waals surface area contributed by atoms with Crippen molar-refractivity contribution in [1.82, 2.24) is 14.7 Å². The summed E-state index contributed by atoms with van der Waals surface area (Å²) in [4.78, 5) is 32.4. The zero-order valence-electron chi connectivity index (χ0n) is 15.7. The van der Waals surface area contributed by atoms with Crippen molar-refractivity contribution < 1.29 is 9.59 Å². The highest BCUT2D eigenvalue weighted by Crippen LogP contribution is 2.44. The van der Waals surface area contributed by atoms with E-state index in [2.05, 4.69) is 24.1 Å². The van der Waals surface area contributed by atoms with Gasteiger partial charge in [-0.1, -0.05) is 30.3 Å². The van der Waals surface area contributed by atoms with Crippen LogP contribution in [-0.4, -0.2) is 72.8 Å². The number of nitrogens with zero attached hydrogens (tertiary/aromatic N) is 3. The Bertz CT molecular complexity index is 671. The fourth-order valence-corrected chi connectivity index (χ4v) is 5.10. The van der Waals surface area contributed by atoms with Gasteiger partial charge >= 0.3 is 0 Å². The number of amides is 2. The van der Waals surface area contributed by atoms with Crippen LogP contribution in [0.1, 0.15) is 24.8 Å². The van der Waals surface area contributed by atoms with E-state index in [-0.39, 0.29) is 17.2 Å². The Balaban J connectivity index is 1.44. The molecule has 3 heterocycles. The van der Waals surface area contributed by atoms with Crippen molar-refractivity contribution in [2.24, 2.45) is 11.3 Å². The van der Waals surface area contributed by atoms with Crippen LogP contribution in [-0.2, 0) is 16.0 Å². The number of carbonyl (C=O) groups excluding carboxylic acids is 2. The van der Waals surface area contributed by atoms with Crippen LogP contribution in [0.3, 0.4) is 0 Å². The predicted octanol–water partition coefficient (Wildman–Crippen LogP) is 1.63. The summed E-state index contributed by atoms with van der Waals surface area (Å²) in [6.45, 7) is 4.82. The van der Waals surface area contributed by atoms with E-state index in [1.54, 1.807) is 0 Å². The number of rotatable bonds is 4. The number of fused-ring (bicyclic) bond motifs is 1. The minimum Gasteiger partial charge on any atom is -0.342 e. The van der Waals surface area contributed by atoms with Gasteiger partial charge in [0.15, 0.2) is 0 Å². The van der Waals surface area contributed by atoms with Crippen LogP contribution < -0.4 is 0 Å². The van der Waals surface area contributed by atoms with Gasteiger partial charge in [-0.2, -0.15) is 0 Å². The summed E-state index contributed by atoms with van der Waals surface area (Å²) in [5.74, 6) is 0.767. The second-order valence-electron chi connectivity index (χ2n) is 8.31. The Hall–Kier alpha value is -1.88. The highest BCUT2D eigenvalue weighted by atomic mass is 16.2.